The van der Waals surface area contributed by atoms with Crippen molar-refractivity contribution in [3.8, 4) is 0 Å². The predicted molar refractivity (Wildman–Crippen MR) is 121 cm³/mol. The number of aryl methyl sites for hydroxylation is 1. The maximum absolute atomic E-state index is 12.6. The molecule has 0 radical (unpaired) electrons. The Kier molecular flexibility index (Phi) is 6.13. The van der Waals surface area contributed by atoms with E-state index in [0.717, 1.165) is 47.7 Å². The molecule has 1 aliphatic rings. The SMILES string of the molecule is Cc1ccc(NC(=O)C(C)Sc2nc3c(C4CCNCC4)cccc3[nH]2)c(Cl)c1. The molecular formula is C22H25ClN4OS. The second kappa shape index (κ2) is 8.78. The number of nitrogens with zero attached hydrogens (tertiary/aromatic N) is 1. The maximum atomic E-state index is 12.6. The third-order valence-electron chi connectivity index (χ3n) is 5.34. The molecule has 7 heteroatoms. The molecule has 1 fully saturated rings. The van der Waals surface area contributed by atoms with Gasteiger partial charge >= 0.3 is 0 Å². The van der Waals surface area contributed by atoms with Gasteiger partial charge in [-0.05, 0) is 75.0 Å². The summed E-state index contributed by atoms with van der Waals surface area (Å²) >= 11 is 7.67. The van der Waals surface area contributed by atoms with Crippen LogP contribution in [0.25, 0.3) is 11.0 Å². The molecule has 2 heterocycles. The molecule has 1 saturated heterocycles. The molecule has 2 aromatic carbocycles. The summed E-state index contributed by atoms with van der Waals surface area (Å²) in [5.41, 5.74) is 5.04. The third-order valence-corrected chi connectivity index (χ3v) is 6.64. The number of H-pyrrole nitrogens is 1. The first kappa shape index (κ1) is 20.3. The van der Waals surface area contributed by atoms with Gasteiger partial charge in [0.25, 0.3) is 0 Å². The number of anilines is 1. The molecule has 3 N–H and O–H groups in total. The van der Waals surface area contributed by atoms with E-state index in [1.165, 1.54) is 17.3 Å². The molecule has 4 rings (SSSR count). The highest BCUT2D eigenvalue weighted by molar-refractivity contribution is 8.00. The van der Waals surface area contributed by atoms with Crippen molar-refractivity contribution in [1.82, 2.24) is 15.3 Å². The first-order chi connectivity index (χ1) is 14.0. The number of thioether (sulfide) groups is 1. The van der Waals surface area contributed by atoms with Crippen molar-refractivity contribution in [1.29, 1.82) is 0 Å². The lowest BCUT2D eigenvalue weighted by atomic mass is 9.89. The quantitative estimate of drug-likeness (QED) is 0.494. The van der Waals surface area contributed by atoms with Crippen LogP contribution in [0, 0.1) is 6.92 Å². The second-order valence-corrected chi connectivity index (χ2v) is 9.28. The van der Waals surface area contributed by atoms with Crippen LogP contribution in [-0.2, 0) is 4.79 Å². The number of aromatic amines is 1. The number of piperidine rings is 1. The van der Waals surface area contributed by atoms with Crippen molar-refractivity contribution in [2.45, 2.75) is 43.0 Å². The number of carbonyl (C=O) groups excluding carboxylic acids is 1. The predicted octanol–water partition coefficient (Wildman–Crippen LogP) is 5.11. The van der Waals surface area contributed by atoms with E-state index < -0.39 is 0 Å². The number of hydrogen-bond acceptors (Lipinski definition) is 4. The summed E-state index contributed by atoms with van der Waals surface area (Å²) in [4.78, 5) is 20.8. The van der Waals surface area contributed by atoms with Gasteiger partial charge < -0.3 is 15.6 Å². The molecule has 5 nitrogen and oxygen atoms in total. The number of amides is 1. The van der Waals surface area contributed by atoms with Gasteiger partial charge in [0.1, 0.15) is 0 Å². The van der Waals surface area contributed by atoms with Gasteiger partial charge in [0.2, 0.25) is 5.91 Å². The lowest BCUT2D eigenvalue weighted by Crippen LogP contribution is -2.26. The minimum atomic E-state index is -0.310. The van der Waals surface area contributed by atoms with E-state index >= 15 is 0 Å². The second-order valence-electron chi connectivity index (χ2n) is 7.54. The van der Waals surface area contributed by atoms with E-state index in [9.17, 15) is 4.79 Å². The van der Waals surface area contributed by atoms with Crippen LogP contribution in [0.2, 0.25) is 5.02 Å². The van der Waals surface area contributed by atoms with Crippen molar-refractivity contribution < 1.29 is 4.79 Å². The van der Waals surface area contributed by atoms with Gasteiger partial charge in [-0.2, -0.15) is 0 Å². The Hall–Kier alpha value is -2.02. The van der Waals surface area contributed by atoms with E-state index in [1.807, 2.05) is 38.1 Å². The molecule has 0 spiro atoms. The van der Waals surface area contributed by atoms with Gasteiger partial charge in [0, 0.05) is 0 Å². The number of rotatable bonds is 5. The monoisotopic (exact) mass is 428 g/mol. The summed E-state index contributed by atoms with van der Waals surface area (Å²) in [6.07, 6.45) is 2.26. The van der Waals surface area contributed by atoms with Crippen LogP contribution in [0.15, 0.2) is 41.6 Å². The van der Waals surface area contributed by atoms with Gasteiger partial charge in [0.15, 0.2) is 5.16 Å². The summed E-state index contributed by atoms with van der Waals surface area (Å²) in [5, 5.41) is 7.33. The van der Waals surface area contributed by atoms with Crippen LogP contribution in [0.5, 0.6) is 0 Å². The zero-order valence-electron chi connectivity index (χ0n) is 16.6. The molecule has 1 aromatic heterocycles. The Bertz CT molecular complexity index is 1030. The van der Waals surface area contributed by atoms with Gasteiger partial charge in [-0.25, -0.2) is 4.98 Å². The largest absolute Gasteiger partial charge is 0.333 e. The molecule has 1 amide bonds. The van der Waals surface area contributed by atoms with Crippen molar-refractivity contribution in [2.75, 3.05) is 18.4 Å². The van der Waals surface area contributed by atoms with Crippen molar-refractivity contribution in [3.63, 3.8) is 0 Å². The Morgan fingerprint density at radius 2 is 2.07 bits per heavy atom. The number of halogens is 1. The third kappa shape index (κ3) is 4.60. The van der Waals surface area contributed by atoms with Crippen LogP contribution >= 0.6 is 23.4 Å². The summed E-state index contributed by atoms with van der Waals surface area (Å²) in [6.45, 7) is 5.94. The number of carbonyl (C=O) groups is 1. The normalized spacial score (nSPS) is 16.1. The number of fused-ring (bicyclic) bond motifs is 1. The van der Waals surface area contributed by atoms with Crippen molar-refractivity contribution in [2.24, 2.45) is 0 Å². The topological polar surface area (TPSA) is 69.8 Å². The number of aromatic nitrogens is 2. The van der Waals surface area contributed by atoms with Crippen molar-refractivity contribution in [3.05, 3.63) is 52.5 Å². The fourth-order valence-corrected chi connectivity index (χ4v) is 4.82. The summed E-state index contributed by atoms with van der Waals surface area (Å²) < 4.78 is 0. The molecule has 1 unspecified atom stereocenters. The zero-order chi connectivity index (χ0) is 20.4. The van der Waals surface area contributed by atoms with Gasteiger partial charge in [-0.15, -0.1) is 0 Å². The number of nitrogens with one attached hydrogen (secondary N) is 3. The fourth-order valence-electron chi connectivity index (χ4n) is 3.73. The number of hydrogen-bond donors (Lipinski definition) is 3. The molecule has 3 aromatic rings. The Balaban J connectivity index is 1.49. The molecule has 1 atom stereocenters. The smallest absolute Gasteiger partial charge is 0.237 e. The lowest BCUT2D eigenvalue weighted by molar-refractivity contribution is -0.115. The van der Waals surface area contributed by atoms with E-state index in [2.05, 4.69) is 27.8 Å². The molecule has 1 aliphatic heterocycles. The van der Waals surface area contributed by atoms with Crippen LogP contribution in [0.3, 0.4) is 0 Å². The molecule has 29 heavy (non-hydrogen) atoms. The minimum absolute atomic E-state index is 0.0974. The van der Waals surface area contributed by atoms with Crippen LogP contribution in [0.1, 0.15) is 36.8 Å². The van der Waals surface area contributed by atoms with E-state index in [-0.39, 0.29) is 11.2 Å². The van der Waals surface area contributed by atoms with E-state index in [1.54, 1.807) is 0 Å². The van der Waals surface area contributed by atoms with Crippen LogP contribution in [-0.4, -0.2) is 34.2 Å². The van der Waals surface area contributed by atoms with Crippen molar-refractivity contribution >= 4 is 46.0 Å². The zero-order valence-corrected chi connectivity index (χ0v) is 18.2. The highest BCUT2D eigenvalue weighted by Crippen LogP contribution is 2.33. The Labute approximate surface area is 180 Å². The van der Waals surface area contributed by atoms with Crippen LogP contribution in [0.4, 0.5) is 5.69 Å². The van der Waals surface area contributed by atoms with E-state index in [4.69, 9.17) is 16.6 Å². The summed E-state index contributed by atoms with van der Waals surface area (Å²) in [5.74, 6) is 0.435. The van der Waals surface area contributed by atoms with E-state index in [0.29, 0.717) is 16.6 Å². The first-order valence-corrected chi connectivity index (χ1v) is 11.2. The number of imidazole rings is 1. The first-order valence-electron chi connectivity index (χ1n) is 9.94. The van der Waals surface area contributed by atoms with Crippen LogP contribution < -0.4 is 10.6 Å². The molecule has 152 valence electrons. The molecule has 0 aliphatic carbocycles. The lowest BCUT2D eigenvalue weighted by Gasteiger charge is -2.23. The Morgan fingerprint density at radius 1 is 1.28 bits per heavy atom. The van der Waals surface area contributed by atoms with Gasteiger partial charge in [0.05, 0.1) is 27.0 Å². The summed E-state index contributed by atoms with van der Waals surface area (Å²) in [7, 11) is 0. The number of benzene rings is 2. The molecular weight excluding hydrogens is 404 g/mol. The number of para-hydroxylation sites is 1. The van der Waals surface area contributed by atoms with Gasteiger partial charge in [-0.1, -0.05) is 41.6 Å². The molecule has 0 bridgehead atoms. The van der Waals surface area contributed by atoms with Gasteiger partial charge in [-0.3, -0.25) is 4.79 Å². The minimum Gasteiger partial charge on any atom is -0.333 e. The highest BCUT2D eigenvalue weighted by atomic mass is 35.5. The maximum Gasteiger partial charge on any atom is 0.237 e. The highest BCUT2D eigenvalue weighted by Gasteiger charge is 2.21. The standard InChI is InChI=1S/C22H25ClN4OS/c1-13-6-7-18(17(23)12-13)25-21(28)14(2)29-22-26-19-5-3-4-16(20(19)27-22)15-8-10-24-11-9-15/h3-7,12,14-15,24H,8-11H2,1-2H3,(H,25,28)(H,26,27). The average Bonchev–Trinajstić information content (AvgIpc) is 3.13. The average molecular weight is 429 g/mol. The molecule has 0 saturated carbocycles. The Morgan fingerprint density at radius 3 is 2.83 bits per heavy atom. The summed E-state index contributed by atoms with van der Waals surface area (Å²) in [6, 6.07) is 11.9. The fraction of sp³-hybridized carbons (Fsp3) is 0.364.